The molecule has 0 aliphatic carbocycles. The molecule has 0 saturated carbocycles. The Morgan fingerprint density at radius 1 is 1.26 bits per heavy atom. The number of likely N-dealkylation sites (tertiary alicyclic amines) is 1. The fraction of sp³-hybridized carbons (Fsp3) is 0.429. The van der Waals surface area contributed by atoms with Gasteiger partial charge in [0, 0.05) is 34.7 Å². The van der Waals surface area contributed by atoms with Gasteiger partial charge in [-0.2, -0.15) is 0 Å². The number of likely N-dealkylation sites (N-methyl/N-ethyl adjacent to an activating group) is 1. The summed E-state index contributed by atoms with van der Waals surface area (Å²) < 4.78 is 20.2. The molecule has 1 aliphatic rings. The highest BCUT2D eigenvalue weighted by Crippen LogP contribution is 2.26. The van der Waals surface area contributed by atoms with Crippen LogP contribution in [0.5, 0.6) is 5.75 Å². The van der Waals surface area contributed by atoms with Gasteiger partial charge in [-0.25, -0.2) is 4.39 Å². The molecule has 2 aromatic carbocycles. The van der Waals surface area contributed by atoms with Crippen molar-refractivity contribution in [3.05, 3.63) is 62.8 Å². The molecule has 27 heavy (non-hydrogen) atoms. The number of nitrogens with zero attached hydrogens (tertiary/aromatic N) is 1. The second kappa shape index (κ2) is 9.87. The Kier molecular flexibility index (Phi) is 7.53. The third kappa shape index (κ3) is 5.67. The van der Waals surface area contributed by atoms with Gasteiger partial charge in [-0.1, -0.05) is 40.5 Å². The van der Waals surface area contributed by atoms with E-state index in [4.69, 9.17) is 16.3 Å². The molecule has 1 fully saturated rings. The minimum Gasteiger partial charge on any atom is -0.489 e. The summed E-state index contributed by atoms with van der Waals surface area (Å²) in [5, 5.41) is 3.96. The SMILES string of the molecule is CCN1CCCC1CNCc1cc(Br)ccc1OCc1ccc(F)cc1Cl. The Bertz CT molecular complexity index is 774. The maximum Gasteiger partial charge on any atom is 0.124 e. The lowest BCUT2D eigenvalue weighted by Crippen LogP contribution is -2.37. The molecule has 3 nitrogen and oxygen atoms in total. The average molecular weight is 456 g/mol. The summed E-state index contributed by atoms with van der Waals surface area (Å²) in [6.45, 7) is 6.55. The first-order chi connectivity index (χ1) is 13.1. The quantitative estimate of drug-likeness (QED) is 0.577. The monoisotopic (exact) mass is 454 g/mol. The number of rotatable bonds is 8. The molecule has 1 aliphatic heterocycles. The van der Waals surface area contributed by atoms with Gasteiger partial charge in [0.25, 0.3) is 0 Å². The zero-order valence-corrected chi connectivity index (χ0v) is 17.8. The lowest BCUT2D eigenvalue weighted by Gasteiger charge is -2.23. The van der Waals surface area contributed by atoms with Crippen LogP contribution in [0.25, 0.3) is 0 Å². The van der Waals surface area contributed by atoms with Gasteiger partial charge in [0.2, 0.25) is 0 Å². The zero-order valence-electron chi connectivity index (χ0n) is 15.5. The summed E-state index contributed by atoms with van der Waals surface area (Å²) >= 11 is 9.64. The number of benzene rings is 2. The number of hydrogen-bond donors (Lipinski definition) is 1. The lowest BCUT2D eigenvalue weighted by atomic mass is 10.1. The normalized spacial score (nSPS) is 17.4. The highest BCUT2D eigenvalue weighted by molar-refractivity contribution is 9.10. The molecular weight excluding hydrogens is 431 g/mol. The van der Waals surface area contributed by atoms with E-state index in [1.165, 1.54) is 31.5 Å². The zero-order chi connectivity index (χ0) is 19.2. The van der Waals surface area contributed by atoms with Crippen molar-refractivity contribution in [1.82, 2.24) is 10.2 Å². The fourth-order valence-corrected chi connectivity index (χ4v) is 4.17. The Labute approximate surface area is 174 Å². The topological polar surface area (TPSA) is 24.5 Å². The third-order valence-electron chi connectivity index (χ3n) is 5.02. The smallest absolute Gasteiger partial charge is 0.124 e. The third-order valence-corrected chi connectivity index (χ3v) is 5.87. The van der Waals surface area contributed by atoms with Crippen molar-refractivity contribution in [3.63, 3.8) is 0 Å². The van der Waals surface area contributed by atoms with Gasteiger partial charge in [-0.05, 0) is 56.3 Å². The first-order valence-corrected chi connectivity index (χ1v) is 10.5. The molecule has 0 bridgehead atoms. The lowest BCUT2D eigenvalue weighted by molar-refractivity contribution is 0.259. The molecule has 146 valence electrons. The van der Waals surface area contributed by atoms with Crippen LogP contribution in [0.15, 0.2) is 40.9 Å². The van der Waals surface area contributed by atoms with Crippen molar-refractivity contribution < 1.29 is 9.13 Å². The molecule has 1 N–H and O–H groups in total. The Morgan fingerprint density at radius 3 is 2.89 bits per heavy atom. The summed E-state index contributed by atoms with van der Waals surface area (Å²) in [6.07, 6.45) is 2.54. The van der Waals surface area contributed by atoms with E-state index in [0.717, 1.165) is 41.0 Å². The standard InChI is InChI=1S/C21H25BrClFN2O/c1-2-26-9-3-4-19(26)13-25-12-16-10-17(22)6-8-21(16)27-14-15-5-7-18(24)11-20(15)23/h5-8,10-11,19,25H,2-4,9,12-14H2,1H3. The summed E-state index contributed by atoms with van der Waals surface area (Å²) in [6, 6.07) is 11.0. The van der Waals surface area contributed by atoms with Crippen molar-refractivity contribution in [2.24, 2.45) is 0 Å². The molecule has 0 aromatic heterocycles. The highest BCUT2D eigenvalue weighted by atomic mass is 79.9. The summed E-state index contributed by atoms with van der Waals surface area (Å²) in [5.74, 6) is 0.468. The molecule has 3 rings (SSSR count). The second-order valence-corrected chi connectivity index (χ2v) is 8.15. The largest absolute Gasteiger partial charge is 0.489 e. The number of halogens is 3. The minimum absolute atomic E-state index is 0.306. The van der Waals surface area contributed by atoms with Crippen LogP contribution >= 0.6 is 27.5 Å². The van der Waals surface area contributed by atoms with Crippen LogP contribution in [-0.2, 0) is 13.2 Å². The van der Waals surface area contributed by atoms with Crippen LogP contribution < -0.4 is 10.1 Å². The van der Waals surface area contributed by atoms with Crippen molar-refractivity contribution in [2.75, 3.05) is 19.6 Å². The van der Waals surface area contributed by atoms with Gasteiger partial charge < -0.3 is 10.1 Å². The average Bonchev–Trinajstić information content (AvgIpc) is 3.10. The molecular formula is C21H25BrClFN2O. The van der Waals surface area contributed by atoms with Gasteiger partial charge in [-0.15, -0.1) is 0 Å². The van der Waals surface area contributed by atoms with E-state index in [1.54, 1.807) is 6.07 Å². The van der Waals surface area contributed by atoms with Gasteiger partial charge >= 0.3 is 0 Å². The Hall–Kier alpha value is -1.14. The van der Waals surface area contributed by atoms with Crippen LogP contribution in [-0.4, -0.2) is 30.6 Å². The molecule has 2 aromatic rings. The molecule has 0 spiro atoms. The first kappa shape index (κ1) is 20.6. The van der Waals surface area contributed by atoms with Crippen molar-refractivity contribution in [3.8, 4) is 5.75 Å². The van der Waals surface area contributed by atoms with Crippen molar-refractivity contribution in [2.45, 2.75) is 39.0 Å². The van der Waals surface area contributed by atoms with Crippen LogP contribution in [0.2, 0.25) is 5.02 Å². The maximum atomic E-state index is 13.2. The molecule has 6 heteroatoms. The number of ether oxygens (including phenoxy) is 1. The van der Waals surface area contributed by atoms with Crippen molar-refractivity contribution in [1.29, 1.82) is 0 Å². The maximum absolute atomic E-state index is 13.2. The fourth-order valence-electron chi connectivity index (χ4n) is 3.54. The Balaban J connectivity index is 1.60. The van der Waals surface area contributed by atoms with Crippen LogP contribution in [0, 0.1) is 5.82 Å². The highest BCUT2D eigenvalue weighted by Gasteiger charge is 2.22. The van der Waals surface area contributed by atoms with E-state index < -0.39 is 0 Å². The summed E-state index contributed by atoms with van der Waals surface area (Å²) in [7, 11) is 0. The minimum atomic E-state index is -0.342. The van der Waals surface area contributed by atoms with Crippen LogP contribution in [0.4, 0.5) is 4.39 Å². The van der Waals surface area contributed by atoms with Crippen LogP contribution in [0.3, 0.4) is 0 Å². The first-order valence-electron chi connectivity index (χ1n) is 9.36. The van der Waals surface area contributed by atoms with Crippen LogP contribution in [0.1, 0.15) is 30.9 Å². The van der Waals surface area contributed by atoms with E-state index in [2.05, 4.69) is 39.1 Å². The molecule has 1 unspecified atom stereocenters. The van der Waals surface area contributed by atoms with Gasteiger partial charge in [0.1, 0.15) is 18.2 Å². The van der Waals surface area contributed by atoms with E-state index in [0.29, 0.717) is 17.7 Å². The number of nitrogens with one attached hydrogen (secondary N) is 1. The van der Waals surface area contributed by atoms with E-state index >= 15 is 0 Å². The molecule has 0 radical (unpaired) electrons. The molecule has 0 amide bonds. The summed E-state index contributed by atoms with van der Waals surface area (Å²) in [5.41, 5.74) is 1.85. The molecule has 1 saturated heterocycles. The van der Waals surface area contributed by atoms with E-state index in [-0.39, 0.29) is 5.82 Å². The predicted octanol–water partition coefficient (Wildman–Crippen LogP) is 5.39. The van der Waals surface area contributed by atoms with E-state index in [9.17, 15) is 4.39 Å². The van der Waals surface area contributed by atoms with Gasteiger partial charge in [0.05, 0.1) is 5.02 Å². The predicted molar refractivity (Wildman–Crippen MR) is 112 cm³/mol. The molecule has 1 heterocycles. The van der Waals surface area contributed by atoms with Gasteiger partial charge in [-0.3, -0.25) is 4.90 Å². The van der Waals surface area contributed by atoms with Gasteiger partial charge in [0.15, 0.2) is 0 Å². The summed E-state index contributed by atoms with van der Waals surface area (Å²) in [4.78, 5) is 2.53. The Morgan fingerprint density at radius 2 is 2.11 bits per heavy atom. The number of hydrogen-bond acceptors (Lipinski definition) is 3. The van der Waals surface area contributed by atoms with E-state index in [1.807, 2.05) is 12.1 Å². The van der Waals surface area contributed by atoms with Crippen molar-refractivity contribution >= 4 is 27.5 Å². The molecule has 1 atom stereocenters. The second-order valence-electron chi connectivity index (χ2n) is 6.83.